The fourth-order valence-electron chi connectivity index (χ4n) is 1.01. The van der Waals surface area contributed by atoms with E-state index in [0.717, 1.165) is 0 Å². The molecule has 0 saturated heterocycles. The molecule has 0 fully saturated rings. The molecule has 0 aliphatic rings. The zero-order chi connectivity index (χ0) is 11.8. The summed E-state index contributed by atoms with van der Waals surface area (Å²) in [6.07, 6.45) is 6.97. The van der Waals surface area contributed by atoms with Gasteiger partial charge in [0, 0.05) is 10.6 Å². The predicted molar refractivity (Wildman–Crippen MR) is 62.6 cm³/mol. The number of hydrogen-bond donors (Lipinski definition) is 1. The molecule has 0 aliphatic heterocycles. The molecule has 5 heteroatoms. The first-order chi connectivity index (χ1) is 7.77. The highest BCUT2D eigenvalue weighted by Crippen LogP contribution is 2.21. The van der Waals surface area contributed by atoms with E-state index in [0.29, 0.717) is 22.7 Å². The lowest BCUT2D eigenvalue weighted by molar-refractivity contribution is -0.109. The molecular weight excluding hydrogens is 228 g/mol. The minimum Gasteiger partial charge on any atom is -0.480 e. The lowest BCUT2D eigenvalue weighted by Crippen LogP contribution is -2.02. The maximum atomic E-state index is 10.0. The van der Waals surface area contributed by atoms with Gasteiger partial charge in [-0.25, -0.2) is 5.43 Å². The van der Waals surface area contributed by atoms with Crippen LogP contribution in [0.1, 0.15) is 5.56 Å². The van der Waals surface area contributed by atoms with E-state index in [9.17, 15) is 4.79 Å². The van der Waals surface area contributed by atoms with Gasteiger partial charge < -0.3 is 4.74 Å². The van der Waals surface area contributed by atoms with Crippen LogP contribution in [-0.2, 0) is 4.79 Å². The molecule has 4 nitrogen and oxygen atoms in total. The van der Waals surface area contributed by atoms with E-state index in [-0.39, 0.29) is 6.61 Å². The van der Waals surface area contributed by atoms with Gasteiger partial charge in [0.25, 0.3) is 0 Å². The molecule has 0 heterocycles. The van der Waals surface area contributed by atoms with Gasteiger partial charge in [0.2, 0.25) is 6.41 Å². The number of ether oxygens (including phenoxy) is 1. The number of carbonyl (C=O) groups is 1. The third kappa shape index (κ3) is 3.64. The summed E-state index contributed by atoms with van der Waals surface area (Å²) < 4.78 is 5.27. The number of benzene rings is 1. The number of rotatable bonds is 5. The van der Waals surface area contributed by atoms with Crippen molar-refractivity contribution in [3.8, 4) is 18.1 Å². The maximum absolute atomic E-state index is 10.0. The van der Waals surface area contributed by atoms with Crippen LogP contribution in [0.5, 0.6) is 5.75 Å². The molecular formula is C11H9ClN2O2. The van der Waals surface area contributed by atoms with Crippen LogP contribution in [-0.4, -0.2) is 19.2 Å². The molecule has 0 aliphatic carbocycles. The molecule has 1 aromatic rings. The van der Waals surface area contributed by atoms with E-state index in [2.05, 4.69) is 16.4 Å². The predicted octanol–water partition coefficient (Wildman–Crippen LogP) is 1.43. The summed E-state index contributed by atoms with van der Waals surface area (Å²) >= 11 is 5.82. The minimum absolute atomic E-state index is 0.156. The van der Waals surface area contributed by atoms with Gasteiger partial charge in [-0.05, 0) is 18.2 Å². The van der Waals surface area contributed by atoms with Crippen LogP contribution in [0.25, 0.3) is 0 Å². The van der Waals surface area contributed by atoms with Crippen molar-refractivity contribution in [2.75, 3.05) is 6.61 Å². The molecule has 1 amide bonds. The highest BCUT2D eigenvalue weighted by molar-refractivity contribution is 6.30. The molecule has 0 aromatic heterocycles. The number of nitrogens with zero attached hydrogens (tertiary/aromatic N) is 1. The summed E-state index contributed by atoms with van der Waals surface area (Å²) in [5, 5.41) is 4.18. The van der Waals surface area contributed by atoms with Crippen molar-refractivity contribution in [1.82, 2.24) is 5.43 Å². The number of halogens is 1. The Labute approximate surface area is 98.2 Å². The Hall–Kier alpha value is -1.99. The zero-order valence-corrected chi connectivity index (χ0v) is 9.07. The zero-order valence-electron chi connectivity index (χ0n) is 8.31. The summed E-state index contributed by atoms with van der Waals surface area (Å²) in [4.78, 5) is 10.0. The largest absolute Gasteiger partial charge is 0.480 e. The lowest BCUT2D eigenvalue weighted by atomic mass is 10.2. The molecule has 16 heavy (non-hydrogen) atoms. The van der Waals surface area contributed by atoms with E-state index in [4.69, 9.17) is 22.8 Å². The van der Waals surface area contributed by atoms with Crippen molar-refractivity contribution >= 4 is 24.2 Å². The molecule has 1 aromatic carbocycles. The number of hydrazone groups is 1. The van der Waals surface area contributed by atoms with Crippen LogP contribution in [0.15, 0.2) is 23.3 Å². The summed E-state index contributed by atoms with van der Waals surface area (Å²) in [6.45, 7) is 0.156. The third-order valence-electron chi connectivity index (χ3n) is 1.61. The fourth-order valence-corrected chi connectivity index (χ4v) is 1.19. The van der Waals surface area contributed by atoms with Gasteiger partial charge >= 0.3 is 0 Å². The van der Waals surface area contributed by atoms with Crippen LogP contribution >= 0.6 is 11.6 Å². The molecule has 0 atom stereocenters. The molecule has 0 saturated carbocycles. The van der Waals surface area contributed by atoms with Gasteiger partial charge in [0.05, 0.1) is 6.21 Å². The van der Waals surface area contributed by atoms with Gasteiger partial charge in [0.1, 0.15) is 12.4 Å². The Balaban J connectivity index is 2.89. The standard InChI is InChI=1S/C11H9ClN2O2/c1-2-5-16-11-4-3-10(12)6-9(11)7-13-14-8-15/h1,3-4,6-8H,5H2,(H,14,15)/b13-7+. The first-order valence-corrected chi connectivity index (χ1v) is 4.73. The lowest BCUT2D eigenvalue weighted by Gasteiger charge is -2.06. The summed E-state index contributed by atoms with van der Waals surface area (Å²) in [5.41, 5.74) is 2.79. The van der Waals surface area contributed by atoms with Crippen molar-refractivity contribution in [2.45, 2.75) is 0 Å². The second-order valence-electron chi connectivity index (χ2n) is 2.68. The Bertz CT molecular complexity index is 438. The fraction of sp³-hybridized carbons (Fsp3) is 0.0909. The average molecular weight is 237 g/mol. The minimum atomic E-state index is 0.156. The second kappa shape index (κ2) is 6.49. The van der Waals surface area contributed by atoms with Crippen LogP contribution < -0.4 is 10.2 Å². The molecule has 1 rings (SSSR count). The summed E-state index contributed by atoms with van der Waals surface area (Å²) in [6, 6.07) is 5.02. The van der Waals surface area contributed by atoms with E-state index < -0.39 is 0 Å². The first kappa shape index (κ1) is 12.1. The van der Waals surface area contributed by atoms with Crippen molar-refractivity contribution in [1.29, 1.82) is 0 Å². The number of terminal acetylenes is 1. The number of hydrogen-bond acceptors (Lipinski definition) is 3. The third-order valence-corrected chi connectivity index (χ3v) is 1.85. The highest BCUT2D eigenvalue weighted by Gasteiger charge is 2.01. The smallest absolute Gasteiger partial charge is 0.227 e. The van der Waals surface area contributed by atoms with Crippen LogP contribution in [0.3, 0.4) is 0 Å². The highest BCUT2D eigenvalue weighted by atomic mass is 35.5. The van der Waals surface area contributed by atoms with Gasteiger partial charge in [-0.15, -0.1) is 6.42 Å². The van der Waals surface area contributed by atoms with E-state index >= 15 is 0 Å². The van der Waals surface area contributed by atoms with Crippen molar-refractivity contribution in [3.63, 3.8) is 0 Å². The van der Waals surface area contributed by atoms with Gasteiger partial charge in [-0.1, -0.05) is 17.5 Å². The molecule has 82 valence electrons. The number of carbonyl (C=O) groups excluding carboxylic acids is 1. The average Bonchev–Trinajstić information content (AvgIpc) is 2.28. The summed E-state index contributed by atoms with van der Waals surface area (Å²) in [7, 11) is 0. The normalized spacial score (nSPS) is 9.75. The van der Waals surface area contributed by atoms with Crippen molar-refractivity contribution in [2.24, 2.45) is 5.10 Å². The Morgan fingerprint density at radius 1 is 1.62 bits per heavy atom. The maximum Gasteiger partial charge on any atom is 0.227 e. The molecule has 0 spiro atoms. The first-order valence-electron chi connectivity index (χ1n) is 4.36. The topological polar surface area (TPSA) is 50.7 Å². The Morgan fingerprint density at radius 2 is 2.44 bits per heavy atom. The van der Waals surface area contributed by atoms with E-state index in [1.165, 1.54) is 6.21 Å². The SMILES string of the molecule is C#CCOc1ccc(Cl)cc1/C=N/NC=O. The van der Waals surface area contributed by atoms with Crippen LogP contribution in [0.2, 0.25) is 5.02 Å². The molecule has 0 bridgehead atoms. The van der Waals surface area contributed by atoms with Gasteiger partial charge in [-0.2, -0.15) is 5.10 Å². The number of amides is 1. The van der Waals surface area contributed by atoms with Crippen molar-refractivity contribution in [3.05, 3.63) is 28.8 Å². The molecule has 0 radical (unpaired) electrons. The van der Waals surface area contributed by atoms with Crippen molar-refractivity contribution < 1.29 is 9.53 Å². The second-order valence-corrected chi connectivity index (χ2v) is 3.12. The summed E-state index contributed by atoms with van der Waals surface area (Å²) in [5.74, 6) is 2.91. The molecule has 0 unspecified atom stereocenters. The quantitative estimate of drug-likeness (QED) is 0.364. The monoisotopic (exact) mass is 236 g/mol. The Kier molecular flexibility index (Phi) is 4.90. The van der Waals surface area contributed by atoms with Crippen LogP contribution in [0.4, 0.5) is 0 Å². The van der Waals surface area contributed by atoms with Crippen LogP contribution in [0, 0.1) is 12.3 Å². The number of nitrogens with one attached hydrogen (secondary N) is 1. The Morgan fingerprint density at radius 3 is 3.12 bits per heavy atom. The molecule has 1 N–H and O–H groups in total. The van der Waals surface area contributed by atoms with E-state index in [1.54, 1.807) is 18.2 Å². The van der Waals surface area contributed by atoms with Gasteiger partial charge in [-0.3, -0.25) is 4.79 Å². The van der Waals surface area contributed by atoms with E-state index in [1.807, 2.05) is 0 Å². The van der Waals surface area contributed by atoms with Gasteiger partial charge in [0.15, 0.2) is 0 Å².